The van der Waals surface area contributed by atoms with Crippen molar-refractivity contribution in [1.29, 1.82) is 0 Å². The maximum absolute atomic E-state index is 13.0. The zero-order valence-corrected chi connectivity index (χ0v) is 16.1. The summed E-state index contributed by atoms with van der Waals surface area (Å²) in [5, 5.41) is 5.82. The summed E-state index contributed by atoms with van der Waals surface area (Å²) >= 11 is 0. The van der Waals surface area contributed by atoms with Gasteiger partial charge in [0.2, 0.25) is 0 Å². The average Bonchev–Trinajstić information content (AvgIpc) is 3.44. The van der Waals surface area contributed by atoms with E-state index in [1.807, 2.05) is 4.57 Å². The van der Waals surface area contributed by atoms with Gasteiger partial charge in [-0.3, -0.25) is 9.59 Å². The molecule has 148 valence electrons. The van der Waals surface area contributed by atoms with Crippen molar-refractivity contribution in [3.63, 3.8) is 0 Å². The van der Waals surface area contributed by atoms with Crippen molar-refractivity contribution < 1.29 is 19.1 Å². The first-order valence-electron chi connectivity index (χ1n) is 9.54. The second-order valence-electron chi connectivity index (χ2n) is 7.11. The number of ether oxygens (including phenoxy) is 2. The topological polar surface area (TPSA) is 94.5 Å². The second kappa shape index (κ2) is 7.53. The fraction of sp³-hybridized carbons (Fsp3) is 0.450. The number of hydrogen-bond acceptors (Lipinski definition) is 5. The van der Waals surface area contributed by atoms with Gasteiger partial charge in [0.25, 0.3) is 11.8 Å². The van der Waals surface area contributed by atoms with Gasteiger partial charge in [0.1, 0.15) is 17.2 Å². The smallest absolute Gasteiger partial charge is 0.291 e. The molecular weight excluding hydrogens is 360 g/mol. The van der Waals surface area contributed by atoms with Crippen LogP contribution in [-0.2, 0) is 13.0 Å². The van der Waals surface area contributed by atoms with Gasteiger partial charge in [0.05, 0.1) is 25.6 Å². The van der Waals surface area contributed by atoms with E-state index in [9.17, 15) is 9.59 Å². The summed E-state index contributed by atoms with van der Waals surface area (Å²) in [5.41, 5.74) is 1.74. The summed E-state index contributed by atoms with van der Waals surface area (Å²) in [6, 6.07) is 5.41. The third-order valence-electron chi connectivity index (χ3n) is 5.11. The van der Waals surface area contributed by atoms with E-state index >= 15 is 0 Å². The summed E-state index contributed by atoms with van der Waals surface area (Å²) in [5.74, 6) is 0.830. The Kier molecular flexibility index (Phi) is 4.93. The third-order valence-corrected chi connectivity index (χ3v) is 5.11. The number of hydrogen-bond donors (Lipinski definition) is 2. The van der Waals surface area contributed by atoms with Crippen molar-refractivity contribution in [2.24, 2.45) is 0 Å². The number of amides is 2. The molecular formula is C20H24N4O4. The monoisotopic (exact) mass is 384 g/mol. The fourth-order valence-electron chi connectivity index (χ4n) is 3.46. The van der Waals surface area contributed by atoms with Crippen LogP contribution in [0.1, 0.15) is 52.5 Å². The minimum absolute atomic E-state index is 0.186. The normalized spacial score (nSPS) is 15.5. The highest BCUT2D eigenvalue weighted by atomic mass is 16.5. The number of imidazole rings is 1. The molecule has 0 saturated heterocycles. The molecule has 2 heterocycles. The predicted molar refractivity (Wildman–Crippen MR) is 103 cm³/mol. The number of nitrogens with one attached hydrogen (secondary N) is 2. The number of carbonyl (C=O) groups is 2. The highest BCUT2D eigenvalue weighted by Crippen LogP contribution is 2.30. The first-order valence-corrected chi connectivity index (χ1v) is 9.54. The van der Waals surface area contributed by atoms with Crippen LogP contribution in [0.4, 0.5) is 5.69 Å². The van der Waals surface area contributed by atoms with Crippen LogP contribution in [0.15, 0.2) is 18.2 Å². The second-order valence-corrected chi connectivity index (χ2v) is 7.11. The molecule has 1 aliphatic heterocycles. The van der Waals surface area contributed by atoms with E-state index in [4.69, 9.17) is 9.47 Å². The van der Waals surface area contributed by atoms with Gasteiger partial charge < -0.3 is 24.7 Å². The van der Waals surface area contributed by atoms with Crippen molar-refractivity contribution in [3.05, 3.63) is 35.4 Å². The molecule has 8 heteroatoms. The third kappa shape index (κ3) is 3.54. The lowest BCUT2D eigenvalue weighted by Gasteiger charge is -2.17. The van der Waals surface area contributed by atoms with E-state index in [2.05, 4.69) is 15.6 Å². The number of aromatic nitrogens is 2. The molecule has 1 aliphatic carbocycles. The van der Waals surface area contributed by atoms with Crippen LogP contribution < -0.4 is 20.1 Å². The van der Waals surface area contributed by atoms with Crippen molar-refractivity contribution in [3.8, 4) is 11.5 Å². The first kappa shape index (κ1) is 18.3. The van der Waals surface area contributed by atoms with Crippen LogP contribution in [0.25, 0.3) is 0 Å². The van der Waals surface area contributed by atoms with Gasteiger partial charge in [-0.05, 0) is 44.2 Å². The lowest BCUT2D eigenvalue weighted by atomic mass is 10.1. The van der Waals surface area contributed by atoms with E-state index in [0.29, 0.717) is 29.4 Å². The molecule has 2 N–H and O–H groups in total. The Labute approximate surface area is 163 Å². The molecule has 0 radical (unpaired) electrons. The molecule has 1 saturated carbocycles. The van der Waals surface area contributed by atoms with Crippen LogP contribution in [0, 0.1) is 0 Å². The van der Waals surface area contributed by atoms with E-state index in [1.54, 1.807) is 25.3 Å². The molecule has 2 aromatic rings. The summed E-state index contributed by atoms with van der Waals surface area (Å²) < 4.78 is 12.4. The van der Waals surface area contributed by atoms with Crippen LogP contribution in [0.2, 0.25) is 0 Å². The van der Waals surface area contributed by atoms with Crippen LogP contribution >= 0.6 is 0 Å². The van der Waals surface area contributed by atoms with Gasteiger partial charge >= 0.3 is 0 Å². The van der Waals surface area contributed by atoms with Gasteiger partial charge in [-0.15, -0.1) is 0 Å². The van der Waals surface area contributed by atoms with Crippen LogP contribution in [0.3, 0.4) is 0 Å². The largest absolute Gasteiger partial charge is 0.497 e. The number of carbonyl (C=O) groups excluding carboxylic acids is 2. The maximum atomic E-state index is 13.0. The quantitative estimate of drug-likeness (QED) is 0.797. The lowest BCUT2D eigenvalue weighted by Crippen LogP contribution is -2.27. The van der Waals surface area contributed by atoms with Crippen molar-refractivity contribution in [1.82, 2.24) is 14.9 Å². The number of nitrogens with zero attached hydrogens (tertiary/aromatic N) is 2. The Hall–Kier alpha value is -3.03. The van der Waals surface area contributed by atoms with E-state index < -0.39 is 0 Å². The molecule has 8 nitrogen and oxygen atoms in total. The Morgan fingerprint density at radius 3 is 2.68 bits per heavy atom. The molecule has 2 amide bonds. The Balaban J connectivity index is 1.62. The lowest BCUT2D eigenvalue weighted by molar-refractivity contribution is 0.0945. The molecule has 0 bridgehead atoms. The Morgan fingerprint density at radius 1 is 1.14 bits per heavy atom. The number of anilines is 1. The van der Waals surface area contributed by atoms with E-state index in [0.717, 1.165) is 37.8 Å². The molecule has 4 rings (SSSR count). The predicted octanol–water partition coefficient (Wildman–Crippen LogP) is 2.38. The minimum atomic E-state index is -0.364. The molecule has 2 aliphatic rings. The van der Waals surface area contributed by atoms with Crippen molar-refractivity contribution in [2.45, 2.75) is 44.7 Å². The summed E-state index contributed by atoms with van der Waals surface area (Å²) in [4.78, 5) is 30.0. The standard InChI is InChI=1S/C20H24N4O4/c1-27-13-8-9-14(16(11-13)28-2)22-20(26)18-23-17(19(25)21-12-6-7-12)15-5-3-4-10-24(15)18/h8-9,11-12H,3-7,10H2,1-2H3,(H,21,25)(H,22,26). The Morgan fingerprint density at radius 2 is 1.96 bits per heavy atom. The summed E-state index contributed by atoms with van der Waals surface area (Å²) in [6.45, 7) is 0.682. The van der Waals surface area contributed by atoms with Gasteiger partial charge in [-0.1, -0.05) is 0 Å². The minimum Gasteiger partial charge on any atom is -0.497 e. The molecule has 28 heavy (non-hydrogen) atoms. The maximum Gasteiger partial charge on any atom is 0.291 e. The summed E-state index contributed by atoms with van der Waals surface area (Å²) in [6.07, 6.45) is 4.71. The van der Waals surface area contributed by atoms with Gasteiger partial charge in [-0.25, -0.2) is 4.98 Å². The number of fused-ring (bicyclic) bond motifs is 1. The molecule has 0 atom stereocenters. The van der Waals surface area contributed by atoms with Crippen molar-refractivity contribution in [2.75, 3.05) is 19.5 Å². The Bertz CT molecular complexity index is 917. The zero-order chi connectivity index (χ0) is 19.7. The number of methoxy groups -OCH3 is 2. The van der Waals surface area contributed by atoms with Crippen LogP contribution in [-0.4, -0.2) is 41.6 Å². The van der Waals surface area contributed by atoms with E-state index in [-0.39, 0.29) is 23.7 Å². The highest BCUT2D eigenvalue weighted by molar-refractivity contribution is 6.04. The van der Waals surface area contributed by atoms with E-state index in [1.165, 1.54) is 7.11 Å². The molecule has 1 fully saturated rings. The first-order chi connectivity index (χ1) is 13.6. The van der Waals surface area contributed by atoms with Crippen LogP contribution in [0.5, 0.6) is 11.5 Å². The van der Waals surface area contributed by atoms with Gasteiger partial charge in [0, 0.05) is 18.7 Å². The average molecular weight is 384 g/mol. The highest BCUT2D eigenvalue weighted by Gasteiger charge is 2.31. The summed E-state index contributed by atoms with van der Waals surface area (Å²) in [7, 11) is 3.10. The van der Waals surface area contributed by atoms with Gasteiger partial charge in [-0.2, -0.15) is 0 Å². The number of rotatable bonds is 6. The number of benzene rings is 1. The SMILES string of the molecule is COc1ccc(NC(=O)c2nc(C(=O)NC3CC3)c3n2CCCC3)c(OC)c1. The zero-order valence-electron chi connectivity index (χ0n) is 16.1. The van der Waals surface area contributed by atoms with Crippen molar-refractivity contribution >= 4 is 17.5 Å². The fourth-order valence-corrected chi connectivity index (χ4v) is 3.46. The molecule has 1 aromatic carbocycles. The molecule has 0 unspecified atom stereocenters. The van der Waals surface area contributed by atoms with Gasteiger partial charge in [0.15, 0.2) is 5.82 Å². The molecule has 1 aromatic heterocycles. The molecule has 0 spiro atoms.